The molecule has 4 unspecified atom stereocenters. The second kappa shape index (κ2) is 19.8. The summed E-state index contributed by atoms with van der Waals surface area (Å²) in [4.78, 5) is 12.8. The lowest BCUT2D eigenvalue weighted by Crippen LogP contribution is -2.42. The van der Waals surface area contributed by atoms with Gasteiger partial charge in [0.05, 0.1) is 53.9 Å². The standard InChI is InChI=1S/C24H37F4O4P.C7H15NO5.C2H6/c1-21(2,13-24(7,8)31-11-10-23(5,6)30-9)12-22(3,4)20(29)32-18-16(27)14(25)15(26)17(28)19(18)33;9-6-3-5(1-2-8(11)12)13-4-7(6)10;1-2/h10-13,33H2,1-9H3;5-7,9-12H,1-4H2;1-2H3. The van der Waals surface area contributed by atoms with Gasteiger partial charge < -0.3 is 29.2 Å². The topological polar surface area (TPSA) is 138 Å². The third-order valence-electron chi connectivity index (χ3n) is 7.68. The van der Waals surface area contributed by atoms with Gasteiger partial charge in [-0.05, 0) is 72.6 Å². The second-order valence-electron chi connectivity index (χ2n) is 14.3. The monoisotopic (exact) mass is 719 g/mol. The predicted molar refractivity (Wildman–Crippen MR) is 176 cm³/mol. The molecule has 1 fully saturated rings. The molecule has 4 atom stereocenters. The van der Waals surface area contributed by atoms with Crippen LogP contribution in [0.25, 0.3) is 0 Å². The number of carbonyl (C=O) groups is 1. The van der Waals surface area contributed by atoms with E-state index in [4.69, 9.17) is 34.5 Å². The molecule has 0 radical (unpaired) electrons. The first-order chi connectivity index (χ1) is 21.8. The summed E-state index contributed by atoms with van der Waals surface area (Å²) in [6, 6.07) is 0. The van der Waals surface area contributed by atoms with Crippen molar-refractivity contribution in [3.63, 3.8) is 0 Å². The molecule has 1 aromatic carbocycles. The Bertz CT molecular complexity index is 1120. The number of hydroxylamine groups is 2. The average molecular weight is 720 g/mol. The van der Waals surface area contributed by atoms with Crippen LogP contribution in [-0.2, 0) is 19.0 Å². The van der Waals surface area contributed by atoms with Gasteiger partial charge in [0.2, 0.25) is 11.6 Å². The highest BCUT2D eigenvalue weighted by Gasteiger charge is 2.40. The van der Waals surface area contributed by atoms with E-state index in [0.717, 1.165) is 0 Å². The lowest BCUT2D eigenvalue weighted by atomic mass is 9.70. The maximum absolute atomic E-state index is 14.1. The fraction of sp³-hybridized carbons (Fsp3) is 0.788. The number of methoxy groups -OCH3 is 1. The van der Waals surface area contributed by atoms with Gasteiger partial charge in [-0.3, -0.25) is 15.2 Å². The van der Waals surface area contributed by atoms with Gasteiger partial charge in [-0.25, -0.2) is 13.2 Å². The van der Waals surface area contributed by atoms with Gasteiger partial charge in [-0.2, -0.15) is 4.39 Å². The zero-order valence-electron chi connectivity index (χ0n) is 30.3. The number of aliphatic hydroxyl groups excluding tert-OH is 2. The van der Waals surface area contributed by atoms with Crippen LogP contribution in [0, 0.1) is 34.1 Å². The van der Waals surface area contributed by atoms with Gasteiger partial charge in [-0.15, -0.1) is 0 Å². The van der Waals surface area contributed by atoms with Crippen molar-refractivity contribution in [1.29, 1.82) is 0 Å². The highest BCUT2D eigenvalue weighted by molar-refractivity contribution is 7.27. The Morgan fingerprint density at radius 3 is 1.94 bits per heavy atom. The van der Waals surface area contributed by atoms with E-state index < -0.39 is 68.9 Å². The summed E-state index contributed by atoms with van der Waals surface area (Å²) >= 11 is 0. The van der Waals surface area contributed by atoms with Crippen LogP contribution in [0.2, 0.25) is 0 Å². The molecule has 1 saturated heterocycles. The van der Waals surface area contributed by atoms with Crippen LogP contribution in [-0.4, -0.2) is 88.2 Å². The number of halogens is 4. The number of hydrogen-bond acceptors (Lipinski definition) is 10. The first kappa shape index (κ1) is 46.5. The fourth-order valence-electron chi connectivity index (χ4n) is 5.47. The van der Waals surface area contributed by atoms with Crippen molar-refractivity contribution in [3.8, 4) is 5.75 Å². The van der Waals surface area contributed by atoms with E-state index in [1.54, 1.807) is 30.2 Å². The Hall–Kier alpha value is -1.48. The second-order valence-corrected chi connectivity index (χ2v) is 14.9. The van der Waals surface area contributed by atoms with Crippen molar-refractivity contribution in [2.45, 2.75) is 131 Å². The molecule has 0 spiro atoms. The average Bonchev–Trinajstić information content (AvgIpc) is 2.97. The van der Waals surface area contributed by atoms with Gasteiger partial charge >= 0.3 is 5.97 Å². The number of carbonyl (C=O) groups excluding carboxylic acids is 1. The Morgan fingerprint density at radius 1 is 0.896 bits per heavy atom. The van der Waals surface area contributed by atoms with Gasteiger partial charge in [0.15, 0.2) is 17.4 Å². The largest absolute Gasteiger partial charge is 0.422 e. The molecule has 15 heteroatoms. The molecule has 282 valence electrons. The van der Waals surface area contributed by atoms with Crippen molar-refractivity contribution < 1.29 is 61.9 Å². The summed E-state index contributed by atoms with van der Waals surface area (Å²) in [6.07, 6.45) is 0.535. The lowest BCUT2D eigenvalue weighted by molar-refractivity contribution is -0.309. The molecule has 0 aliphatic carbocycles. The van der Waals surface area contributed by atoms with Crippen molar-refractivity contribution in [1.82, 2.24) is 5.23 Å². The minimum absolute atomic E-state index is 0.0630. The summed E-state index contributed by atoms with van der Waals surface area (Å²) in [5.41, 5.74) is -2.36. The number of ether oxygens (including phenoxy) is 4. The molecule has 1 aromatic rings. The summed E-state index contributed by atoms with van der Waals surface area (Å²) in [7, 11) is 3.38. The van der Waals surface area contributed by atoms with Gasteiger partial charge in [0.25, 0.3) is 0 Å². The van der Waals surface area contributed by atoms with Crippen LogP contribution < -0.4 is 10.0 Å². The molecule has 1 aliphatic rings. The van der Waals surface area contributed by atoms with Gasteiger partial charge in [0.1, 0.15) is 6.10 Å². The molecule has 48 heavy (non-hydrogen) atoms. The van der Waals surface area contributed by atoms with Crippen molar-refractivity contribution in [3.05, 3.63) is 23.3 Å². The Kier molecular flexibility index (Phi) is 19.2. The lowest BCUT2D eigenvalue weighted by Gasteiger charge is -2.39. The summed E-state index contributed by atoms with van der Waals surface area (Å²) in [6.45, 7) is 19.7. The van der Waals surface area contributed by atoms with Crippen molar-refractivity contribution in [2.75, 3.05) is 26.9 Å². The number of aliphatic hydroxyl groups is 2. The number of rotatable bonds is 14. The molecule has 0 saturated carbocycles. The third-order valence-corrected chi connectivity index (χ3v) is 8.20. The Balaban J connectivity index is 0.00000122. The molecule has 0 bridgehead atoms. The Labute approximate surface area is 285 Å². The van der Waals surface area contributed by atoms with E-state index in [2.05, 4.69) is 0 Å². The minimum Gasteiger partial charge on any atom is -0.422 e. The van der Waals surface area contributed by atoms with E-state index in [-0.39, 0.29) is 30.1 Å². The highest BCUT2D eigenvalue weighted by Crippen LogP contribution is 2.41. The van der Waals surface area contributed by atoms with Crippen molar-refractivity contribution >= 4 is 20.5 Å². The van der Waals surface area contributed by atoms with E-state index in [1.165, 1.54) is 0 Å². The van der Waals surface area contributed by atoms with Crippen LogP contribution in [0.1, 0.15) is 101 Å². The van der Waals surface area contributed by atoms with Crippen LogP contribution in [0.3, 0.4) is 0 Å². The molecule has 0 aromatic heterocycles. The van der Waals surface area contributed by atoms with Crippen LogP contribution >= 0.6 is 9.24 Å². The predicted octanol–water partition coefficient (Wildman–Crippen LogP) is 6.09. The number of esters is 1. The first-order valence-electron chi connectivity index (χ1n) is 16.0. The molecular weight excluding hydrogens is 661 g/mol. The molecule has 1 aliphatic heterocycles. The number of benzene rings is 1. The normalized spacial score (nSPS) is 18.9. The molecule has 0 amide bonds. The molecule has 4 N–H and O–H groups in total. The van der Waals surface area contributed by atoms with Crippen molar-refractivity contribution in [2.24, 2.45) is 10.8 Å². The summed E-state index contributed by atoms with van der Waals surface area (Å²) in [5, 5.41) is 34.6. The van der Waals surface area contributed by atoms with Crippen LogP contribution in [0.15, 0.2) is 0 Å². The minimum atomic E-state index is -2.03. The summed E-state index contributed by atoms with van der Waals surface area (Å²) < 4.78 is 76.6. The van der Waals surface area contributed by atoms with Gasteiger partial charge in [0, 0.05) is 13.5 Å². The zero-order chi connectivity index (χ0) is 37.8. The fourth-order valence-corrected chi connectivity index (χ4v) is 5.78. The molecule has 1 heterocycles. The number of hydrogen-bond donors (Lipinski definition) is 4. The van der Waals surface area contributed by atoms with Gasteiger partial charge in [-0.1, -0.05) is 42.2 Å². The zero-order valence-corrected chi connectivity index (χ0v) is 31.4. The van der Waals surface area contributed by atoms with Crippen LogP contribution in [0.4, 0.5) is 17.6 Å². The van der Waals surface area contributed by atoms with E-state index in [1.807, 2.05) is 55.4 Å². The smallest absolute Gasteiger partial charge is 0.317 e. The molecular formula is C33H58F4NO9P. The van der Waals surface area contributed by atoms with E-state index in [0.29, 0.717) is 38.7 Å². The van der Waals surface area contributed by atoms with E-state index >= 15 is 0 Å². The maximum atomic E-state index is 14.1. The highest BCUT2D eigenvalue weighted by atomic mass is 31.0. The van der Waals surface area contributed by atoms with Crippen LogP contribution in [0.5, 0.6) is 5.75 Å². The van der Waals surface area contributed by atoms with E-state index in [9.17, 15) is 27.5 Å². The maximum Gasteiger partial charge on any atom is 0.317 e. The Morgan fingerprint density at radius 2 is 1.44 bits per heavy atom. The molecule has 10 nitrogen and oxygen atoms in total. The summed E-state index contributed by atoms with van der Waals surface area (Å²) in [5.74, 6) is -9.24. The third kappa shape index (κ3) is 15.6. The molecule has 2 rings (SSSR count). The number of nitrogens with zero attached hydrogens (tertiary/aromatic N) is 1. The quantitative estimate of drug-likeness (QED) is 0.0340. The SMILES string of the molecule is CC.COC(C)(C)CCOC(C)(C)CC(C)(C)CC(C)(C)C(=O)Oc1c(F)c(F)c(F)c(F)c1P.OC1COC(CCN(O)O)CC1O. The first-order valence-corrected chi connectivity index (χ1v) is 16.6.